The van der Waals surface area contributed by atoms with Crippen molar-refractivity contribution in [2.75, 3.05) is 0 Å². The second-order valence-corrected chi connectivity index (χ2v) is 18.4. The average Bonchev–Trinajstić information content (AvgIpc) is 3.87. The number of benzene rings is 10. The van der Waals surface area contributed by atoms with E-state index in [0.717, 1.165) is 22.1 Å². The van der Waals surface area contributed by atoms with Crippen LogP contribution in [0.4, 0.5) is 0 Å². The van der Waals surface area contributed by atoms with Gasteiger partial charge in [0.1, 0.15) is 11.2 Å². The van der Waals surface area contributed by atoms with Crippen LogP contribution in [0.1, 0.15) is 49.9 Å². The minimum absolute atomic E-state index is 0.131. The fourth-order valence-electron chi connectivity index (χ4n) is 11.5. The molecule has 0 aliphatic heterocycles. The van der Waals surface area contributed by atoms with E-state index in [0.29, 0.717) is 0 Å². The highest BCUT2D eigenvalue weighted by molar-refractivity contribution is 6.21. The first kappa shape index (κ1) is 34.6. The lowest BCUT2D eigenvalue weighted by molar-refractivity contribution is 0.656. The van der Waals surface area contributed by atoms with Crippen molar-refractivity contribution < 1.29 is 4.42 Å². The van der Waals surface area contributed by atoms with Crippen LogP contribution in [0.25, 0.3) is 110 Å². The maximum atomic E-state index is 6.95. The van der Waals surface area contributed by atoms with E-state index in [1.807, 2.05) is 0 Å². The second kappa shape index (κ2) is 12.2. The molecule has 1 aromatic heterocycles. The van der Waals surface area contributed by atoms with E-state index in [-0.39, 0.29) is 10.8 Å². The molecule has 0 unspecified atom stereocenters. The van der Waals surface area contributed by atoms with E-state index in [4.69, 9.17) is 4.42 Å². The first-order valence-electron chi connectivity index (χ1n) is 21.6. The summed E-state index contributed by atoms with van der Waals surface area (Å²) >= 11 is 0. The van der Waals surface area contributed by atoms with Crippen molar-refractivity contribution in [2.45, 2.75) is 38.5 Å². The molecule has 0 saturated carbocycles. The molecule has 1 heterocycles. The molecule has 0 radical (unpaired) electrons. The summed E-state index contributed by atoms with van der Waals surface area (Å²) in [6.07, 6.45) is 0. The van der Waals surface area contributed by atoms with E-state index >= 15 is 0 Å². The van der Waals surface area contributed by atoms with Gasteiger partial charge in [0.15, 0.2) is 0 Å². The lowest BCUT2D eigenvalue weighted by Crippen LogP contribution is -2.15. The predicted molar refractivity (Wildman–Crippen MR) is 258 cm³/mol. The van der Waals surface area contributed by atoms with Gasteiger partial charge in [0.05, 0.1) is 0 Å². The number of furan rings is 1. The lowest BCUT2D eigenvalue weighted by atomic mass is 9.80. The van der Waals surface area contributed by atoms with Crippen LogP contribution in [-0.2, 0) is 10.8 Å². The predicted octanol–water partition coefficient (Wildman–Crippen LogP) is 16.7. The molecule has 13 rings (SSSR count). The number of hydrogen-bond acceptors (Lipinski definition) is 1. The van der Waals surface area contributed by atoms with Gasteiger partial charge in [-0.15, -0.1) is 0 Å². The first-order chi connectivity index (χ1) is 29.8. The SMILES string of the molecule is CC1(C)c2ccc(-c3ccc4c(c3)oc3c5c(ccc34)C(C)(C)c3c-5ccc4ccccc34)cc2-c2ccc(-c3c4ccccc4c(-c4ccccc4)c4ccccc34)cc21. The average molecular weight is 779 g/mol. The largest absolute Gasteiger partial charge is 0.455 e. The van der Waals surface area contributed by atoms with Gasteiger partial charge in [-0.3, -0.25) is 0 Å². The first-order valence-corrected chi connectivity index (χ1v) is 21.6. The molecule has 288 valence electrons. The Morgan fingerprint density at radius 1 is 0.328 bits per heavy atom. The molecule has 0 spiro atoms. The third-order valence-corrected chi connectivity index (χ3v) is 14.4. The van der Waals surface area contributed by atoms with E-state index in [1.165, 1.54) is 110 Å². The third-order valence-electron chi connectivity index (χ3n) is 14.4. The van der Waals surface area contributed by atoms with Crippen LogP contribution in [0.2, 0.25) is 0 Å². The fraction of sp³-hybridized carbons (Fsp3) is 0.100. The number of hydrogen-bond donors (Lipinski definition) is 0. The summed E-state index contributed by atoms with van der Waals surface area (Å²) in [6, 6.07) is 67.8. The van der Waals surface area contributed by atoms with Crippen LogP contribution in [0.3, 0.4) is 0 Å². The van der Waals surface area contributed by atoms with Crippen LogP contribution in [-0.4, -0.2) is 0 Å². The maximum Gasteiger partial charge on any atom is 0.143 e. The summed E-state index contributed by atoms with van der Waals surface area (Å²) in [5.41, 5.74) is 19.7. The van der Waals surface area contributed by atoms with Gasteiger partial charge in [0.2, 0.25) is 0 Å². The Hall–Kier alpha value is -7.22. The summed E-state index contributed by atoms with van der Waals surface area (Å²) in [4.78, 5) is 0. The smallest absolute Gasteiger partial charge is 0.143 e. The molecule has 0 atom stereocenters. The highest BCUT2D eigenvalue weighted by Crippen LogP contribution is 2.56. The third kappa shape index (κ3) is 4.67. The maximum absolute atomic E-state index is 6.95. The molecule has 0 amide bonds. The zero-order valence-electron chi connectivity index (χ0n) is 34.7. The van der Waals surface area contributed by atoms with Crippen LogP contribution >= 0.6 is 0 Å². The molecule has 1 nitrogen and oxygen atoms in total. The Morgan fingerprint density at radius 3 is 1.64 bits per heavy atom. The Kier molecular flexibility index (Phi) is 6.91. The molecule has 0 N–H and O–H groups in total. The molecule has 0 bridgehead atoms. The topological polar surface area (TPSA) is 13.1 Å². The number of rotatable bonds is 3. The number of fused-ring (bicyclic) bond motifs is 14. The van der Waals surface area contributed by atoms with Crippen LogP contribution in [0.15, 0.2) is 186 Å². The molecule has 2 aliphatic carbocycles. The Labute approximate surface area is 355 Å². The van der Waals surface area contributed by atoms with Crippen LogP contribution in [0, 0.1) is 0 Å². The van der Waals surface area contributed by atoms with Crippen molar-refractivity contribution >= 4 is 54.3 Å². The van der Waals surface area contributed by atoms with Gasteiger partial charge >= 0.3 is 0 Å². The van der Waals surface area contributed by atoms with E-state index < -0.39 is 0 Å². The minimum Gasteiger partial charge on any atom is -0.455 e. The molecule has 1 heteroatoms. The molecular formula is C60H42O. The van der Waals surface area contributed by atoms with Crippen LogP contribution in [0.5, 0.6) is 0 Å². The highest BCUT2D eigenvalue weighted by Gasteiger charge is 2.39. The zero-order chi connectivity index (χ0) is 40.8. The Bertz CT molecular complexity index is 3630. The standard InChI is InChI=1S/C60H42O/c1-59(2)50-30-25-37(38-23-27-42-47-29-31-51-56(58(47)61-53(42)34-38)48-28-22-35-14-8-9-17-40(35)57(48)60(51,3)4)32-49(50)41-26-24-39(33-52(41)59)55-45-20-12-10-18-43(45)54(36-15-6-5-7-16-36)44-19-11-13-21-46(44)55/h5-34H,1-4H3. The summed E-state index contributed by atoms with van der Waals surface area (Å²) in [7, 11) is 0. The summed E-state index contributed by atoms with van der Waals surface area (Å²) in [6.45, 7) is 9.49. The van der Waals surface area contributed by atoms with Gasteiger partial charge < -0.3 is 4.42 Å². The molecular weight excluding hydrogens is 737 g/mol. The highest BCUT2D eigenvalue weighted by atomic mass is 16.3. The van der Waals surface area contributed by atoms with Crippen molar-refractivity contribution in [3.63, 3.8) is 0 Å². The molecule has 11 aromatic rings. The molecule has 0 fully saturated rings. The quantitative estimate of drug-likeness (QED) is 0.163. The minimum atomic E-state index is -0.159. The summed E-state index contributed by atoms with van der Waals surface area (Å²) in [5.74, 6) is 0. The molecule has 2 aliphatic rings. The molecule has 10 aromatic carbocycles. The van der Waals surface area contributed by atoms with Gasteiger partial charge in [-0.05, 0) is 129 Å². The lowest BCUT2D eigenvalue weighted by Gasteiger charge is -2.23. The second-order valence-electron chi connectivity index (χ2n) is 18.4. The molecule has 61 heavy (non-hydrogen) atoms. The van der Waals surface area contributed by atoms with Gasteiger partial charge in [-0.25, -0.2) is 0 Å². The van der Waals surface area contributed by atoms with Gasteiger partial charge in [-0.1, -0.05) is 185 Å². The Balaban J connectivity index is 0.934. The van der Waals surface area contributed by atoms with Crippen molar-refractivity contribution in [1.82, 2.24) is 0 Å². The normalized spacial score (nSPS) is 14.5. The summed E-state index contributed by atoms with van der Waals surface area (Å²) in [5, 5.41) is 10.1. The summed E-state index contributed by atoms with van der Waals surface area (Å²) < 4.78 is 6.95. The Morgan fingerprint density at radius 2 is 0.902 bits per heavy atom. The molecule has 0 saturated heterocycles. The zero-order valence-corrected chi connectivity index (χ0v) is 34.7. The van der Waals surface area contributed by atoms with Crippen molar-refractivity contribution in [2.24, 2.45) is 0 Å². The van der Waals surface area contributed by atoms with Gasteiger partial charge in [0, 0.05) is 27.2 Å². The van der Waals surface area contributed by atoms with Crippen LogP contribution < -0.4 is 0 Å². The fourth-order valence-corrected chi connectivity index (χ4v) is 11.5. The van der Waals surface area contributed by atoms with Crippen molar-refractivity contribution in [3.8, 4) is 55.6 Å². The van der Waals surface area contributed by atoms with Gasteiger partial charge in [-0.2, -0.15) is 0 Å². The van der Waals surface area contributed by atoms with E-state index in [1.54, 1.807) is 0 Å². The van der Waals surface area contributed by atoms with E-state index in [2.05, 4.69) is 210 Å². The van der Waals surface area contributed by atoms with Crippen molar-refractivity contribution in [1.29, 1.82) is 0 Å². The van der Waals surface area contributed by atoms with E-state index in [9.17, 15) is 0 Å². The van der Waals surface area contributed by atoms with Gasteiger partial charge in [0.25, 0.3) is 0 Å². The monoisotopic (exact) mass is 778 g/mol. The van der Waals surface area contributed by atoms with Crippen molar-refractivity contribution in [3.05, 3.63) is 204 Å².